The number of aryl methyl sites for hydroxylation is 1. The van der Waals surface area contributed by atoms with E-state index in [1.807, 2.05) is 24.3 Å². The zero-order valence-corrected chi connectivity index (χ0v) is 18.3. The molecule has 3 aliphatic rings. The van der Waals surface area contributed by atoms with Crippen molar-refractivity contribution in [3.63, 3.8) is 0 Å². The van der Waals surface area contributed by atoms with Gasteiger partial charge in [-0.15, -0.1) is 0 Å². The molecule has 1 atom stereocenters. The summed E-state index contributed by atoms with van der Waals surface area (Å²) in [7, 11) is -1.49. The molecule has 0 saturated carbocycles. The van der Waals surface area contributed by atoms with Gasteiger partial charge < -0.3 is 27.3 Å². The largest absolute Gasteiger partial charge is 0.454 e. The number of fused-ring (bicyclic) bond motifs is 8. The summed E-state index contributed by atoms with van der Waals surface area (Å²) in [5.41, 5.74) is 3.82. The number of rotatable bonds is 1. The van der Waals surface area contributed by atoms with Crippen LogP contribution in [0.2, 0.25) is 0 Å². The van der Waals surface area contributed by atoms with Crippen molar-refractivity contribution in [2.24, 2.45) is 0 Å². The fraction of sp³-hybridized carbons (Fsp3) is 0.250. The van der Waals surface area contributed by atoms with Crippen LogP contribution in [0, 0.1) is 0 Å². The van der Waals surface area contributed by atoms with Gasteiger partial charge in [-0.25, -0.2) is 0 Å². The molecule has 4 heterocycles. The molecule has 3 aliphatic heterocycles. The van der Waals surface area contributed by atoms with Crippen LogP contribution in [0.3, 0.4) is 0 Å². The second kappa shape index (κ2) is 6.78. The number of hydrogen-bond donors (Lipinski definition) is 0. The van der Waals surface area contributed by atoms with E-state index in [-0.39, 0.29) is 19.6 Å². The molecule has 0 aliphatic carbocycles. The van der Waals surface area contributed by atoms with Gasteiger partial charge in [-0.05, 0) is 55.7 Å². The topological polar surface area (TPSA) is 66.4 Å². The van der Waals surface area contributed by atoms with E-state index in [0.717, 1.165) is 29.3 Å². The van der Waals surface area contributed by atoms with Crippen molar-refractivity contribution in [1.29, 1.82) is 0 Å². The maximum Gasteiger partial charge on any atom is 0.341 e. The average Bonchev–Trinajstić information content (AvgIpc) is 3.45. The number of anilines is 1. The molecule has 0 bridgehead atoms. The summed E-state index contributed by atoms with van der Waals surface area (Å²) in [6.45, 7) is 2.55. The van der Waals surface area contributed by atoms with Gasteiger partial charge >= 0.3 is 8.16 Å². The van der Waals surface area contributed by atoms with Crippen molar-refractivity contribution in [3.05, 3.63) is 54.1 Å². The highest BCUT2D eigenvalue weighted by molar-refractivity contribution is 7.39. The molecule has 4 aromatic rings. The number of ether oxygens (including phenoxy) is 4. The minimum atomic E-state index is -1.49. The quantitative estimate of drug-likeness (QED) is 0.335. The highest BCUT2D eigenvalue weighted by Crippen LogP contribution is 2.52. The maximum atomic E-state index is 6.63. The second-order valence-corrected chi connectivity index (χ2v) is 9.40. The molecule has 0 radical (unpaired) electrons. The van der Waals surface area contributed by atoms with Crippen LogP contribution in [0.4, 0.5) is 5.69 Å². The van der Waals surface area contributed by atoms with Gasteiger partial charge in [0.15, 0.2) is 23.0 Å². The SMILES string of the molecule is C[C@@H]1CCc2ccccc2N1p1oc2ccc3c(c2c2c4c(ccc2o1)OCO4)OCO3. The Balaban J connectivity index is 1.60. The van der Waals surface area contributed by atoms with Crippen LogP contribution in [-0.4, -0.2) is 19.6 Å². The molecule has 32 heavy (non-hydrogen) atoms. The minimum Gasteiger partial charge on any atom is -0.454 e. The summed E-state index contributed by atoms with van der Waals surface area (Å²) in [6.07, 6.45) is 2.08. The van der Waals surface area contributed by atoms with Crippen molar-refractivity contribution in [1.82, 2.24) is 0 Å². The lowest BCUT2D eigenvalue weighted by Gasteiger charge is -2.33. The molecule has 0 fully saturated rings. The molecule has 1 aromatic heterocycles. The second-order valence-electron chi connectivity index (χ2n) is 8.13. The number of para-hydroxylation sites is 1. The highest BCUT2D eigenvalue weighted by Gasteiger charge is 2.30. The van der Waals surface area contributed by atoms with Gasteiger partial charge in [-0.3, -0.25) is 4.67 Å². The summed E-state index contributed by atoms with van der Waals surface area (Å²) in [5.74, 6) is 2.64. The van der Waals surface area contributed by atoms with E-state index in [0.29, 0.717) is 34.2 Å². The predicted molar refractivity (Wildman–Crippen MR) is 121 cm³/mol. The van der Waals surface area contributed by atoms with Gasteiger partial charge in [0.25, 0.3) is 0 Å². The molecule has 162 valence electrons. The Morgan fingerprint density at radius 3 is 2.06 bits per heavy atom. The third-order valence-electron chi connectivity index (χ3n) is 6.27. The number of hydrogen-bond acceptors (Lipinski definition) is 7. The first-order valence-electron chi connectivity index (χ1n) is 10.7. The molecule has 0 saturated heterocycles. The van der Waals surface area contributed by atoms with E-state index in [9.17, 15) is 0 Å². The summed E-state index contributed by atoms with van der Waals surface area (Å²) >= 11 is 0. The molecule has 0 unspecified atom stereocenters. The zero-order valence-electron chi connectivity index (χ0n) is 17.4. The molecule has 7 nitrogen and oxygen atoms in total. The lowest BCUT2D eigenvalue weighted by atomic mass is 9.99. The summed E-state index contributed by atoms with van der Waals surface area (Å²) < 4.78 is 38.6. The van der Waals surface area contributed by atoms with E-state index in [4.69, 9.17) is 27.3 Å². The normalized spacial score (nSPS) is 18.3. The Bertz CT molecular complexity index is 1350. The van der Waals surface area contributed by atoms with Crippen molar-refractivity contribution in [2.45, 2.75) is 25.8 Å². The zero-order chi connectivity index (χ0) is 21.2. The fourth-order valence-electron chi connectivity index (χ4n) is 4.73. The Labute approximate surface area is 184 Å². The first kappa shape index (κ1) is 18.2. The lowest BCUT2D eigenvalue weighted by Crippen LogP contribution is -2.30. The van der Waals surface area contributed by atoms with Gasteiger partial charge in [-0.1, -0.05) is 18.2 Å². The van der Waals surface area contributed by atoms with Crippen molar-refractivity contribution in [3.8, 4) is 23.0 Å². The van der Waals surface area contributed by atoms with Gasteiger partial charge in [0, 0.05) is 6.04 Å². The Morgan fingerprint density at radius 1 is 0.781 bits per heavy atom. The highest BCUT2D eigenvalue weighted by atomic mass is 31.1. The number of benzene rings is 3. The van der Waals surface area contributed by atoms with E-state index < -0.39 is 8.16 Å². The van der Waals surface area contributed by atoms with Crippen LogP contribution in [0.1, 0.15) is 18.9 Å². The first-order valence-corrected chi connectivity index (χ1v) is 11.8. The summed E-state index contributed by atoms with van der Waals surface area (Å²) in [5, 5.41) is 1.56. The molecule has 7 rings (SSSR count). The lowest BCUT2D eigenvalue weighted by molar-refractivity contribution is 0.174. The smallest absolute Gasteiger partial charge is 0.341 e. The van der Waals surface area contributed by atoms with Crippen LogP contribution in [-0.2, 0) is 6.42 Å². The van der Waals surface area contributed by atoms with E-state index in [1.54, 1.807) is 0 Å². The van der Waals surface area contributed by atoms with Crippen LogP contribution >= 0.6 is 8.16 Å². The third kappa shape index (κ3) is 2.55. The third-order valence-corrected chi connectivity index (χ3v) is 7.94. The van der Waals surface area contributed by atoms with Crippen LogP contribution in [0.25, 0.3) is 21.9 Å². The maximum absolute atomic E-state index is 6.63. The Hall–Kier alpha value is -3.44. The molecule has 0 amide bonds. The molecular formula is C24H20NO6P. The van der Waals surface area contributed by atoms with E-state index in [2.05, 4.69) is 35.9 Å². The standard InChI is InChI=1S/C24H20NO6P/c1-14-6-7-15-4-2-3-5-16(15)25(14)32-30-17-8-10-19-23(28-12-26-19)21(17)22-18(31-32)9-11-20-24(22)29-13-27-20/h2-5,8-11,14H,6-7,12-13H2,1H3/t14-/m1/s1. The Kier molecular flexibility index (Phi) is 3.85. The fourth-order valence-corrected chi connectivity index (χ4v) is 6.39. The first-order chi connectivity index (χ1) is 15.8. The van der Waals surface area contributed by atoms with Crippen LogP contribution in [0.5, 0.6) is 23.0 Å². The molecule has 3 aromatic carbocycles. The van der Waals surface area contributed by atoms with Gasteiger partial charge in [-0.2, -0.15) is 0 Å². The Morgan fingerprint density at radius 2 is 1.41 bits per heavy atom. The predicted octanol–water partition coefficient (Wildman–Crippen LogP) is 6.35. The van der Waals surface area contributed by atoms with Crippen LogP contribution < -0.4 is 23.6 Å². The monoisotopic (exact) mass is 449 g/mol. The molecular weight excluding hydrogens is 429 g/mol. The van der Waals surface area contributed by atoms with Gasteiger partial charge in [0.1, 0.15) is 11.2 Å². The summed E-state index contributed by atoms with van der Waals surface area (Å²) in [6, 6.07) is 16.4. The van der Waals surface area contributed by atoms with Crippen molar-refractivity contribution >= 4 is 35.8 Å². The van der Waals surface area contributed by atoms with Crippen molar-refractivity contribution in [2.75, 3.05) is 18.3 Å². The minimum absolute atomic E-state index is 0.166. The molecule has 8 heteroatoms. The number of nitrogens with zero attached hydrogens (tertiary/aromatic N) is 1. The molecule has 0 N–H and O–H groups in total. The van der Waals surface area contributed by atoms with Gasteiger partial charge in [0.05, 0.1) is 16.5 Å². The summed E-state index contributed by atoms with van der Waals surface area (Å²) in [4.78, 5) is 0. The molecule has 0 spiro atoms. The van der Waals surface area contributed by atoms with Gasteiger partial charge in [0.2, 0.25) is 13.6 Å². The van der Waals surface area contributed by atoms with Crippen LogP contribution in [0.15, 0.2) is 56.9 Å². The van der Waals surface area contributed by atoms with Crippen molar-refractivity contribution < 1.29 is 27.3 Å². The van der Waals surface area contributed by atoms with E-state index in [1.165, 1.54) is 5.56 Å². The average molecular weight is 449 g/mol. The van der Waals surface area contributed by atoms with E-state index >= 15 is 0 Å².